The van der Waals surface area contributed by atoms with Gasteiger partial charge in [0.25, 0.3) is 0 Å². The fourth-order valence-corrected chi connectivity index (χ4v) is 10.5. The molecule has 0 N–H and O–H groups in total. The van der Waals surface area contributed by atoms with Crippen LogP contribution in [0, 0.1) is 0 Å². The Bertz CT molecular complexity index is 4320. The fourth-order valence-electron chi connectivity index (χ4n) is 10.5. The molecule has 0 saturated carbocycles. The molecule has 14 aromatic rings. The minimum Gasteiger partial charge on any atom is -0.456 e. The summed E-state index contributed by atoms with van der Waals surface area (Å²) < 4.78 is 6.77. The second-order valence-electron chi connectivity index (χ2n) is 17.7. The van der Waals surface area contributed by atoms with E-state index < -0.39 is 0 Å². The first-order valence-electron chi connectivity index (χ1n) is 23.3. The Morgan fingerprint density at radius 1 is 0.246 bits per heavy atom. The molecule has 0 bridgehead atoms. The Morgan fingerprint density at radius 2 is 0.725 bits per heavy atom. The van der Waals surface area contributed by atoms with Crippen molar-refractivity contribution in [1.82, 2.24) is 19.9 Å². The summed E-state index contributed by atoms with van der Waals surface area (Å²) in [5.74, 6) is 1.80. The lowest BCUT2D eigenvalue weighted by atomic mass is 9.89. The SMILES string of the molecule is c1ccc(-c2ccc(-c3nc4ccccc4c4c(-c5cccc(-c6nc(-c7ccccc7)nc(-c7ccc8c9ccccc9c9ccccc9c8c7)n6)c5)c5c(cc34)oc3ccccc35)cc2)cc1. The molecule has 0 fully saturated rings. The van der Waals surface area contributed by atoms with Crippen molar-refractivity contribution in [2.45, 2.75) is 0 Å². The number of furan rings is 1. The normalized spacial score (nSPS) is 11.8. The molecule has 0 aliphatic carbocycles. The first-order chi connectivity index (χ1) is 34.2. The Morgan fingerprint density at radius 3 is 1.42 bits per heavy atom. The molecule has 5 heteroatoms. The lowest BCUT2D eigenvalue weighted by molar-refractivity contribution is 0.669. The fraction of sp³-hybridized carbons (Fsp3) is 0. The molecule has 0 radical (unpaired) electrons. The highest BCUT2D eigenvalue weighted by atomic mass is 16.3. The number of hydrogen-bond acceptors (Lipinski definition) is 5. The molecule has 69 heavy (non-hydrogen) atoms. The molecule has 14 rings (SSSR count). The van der Waals surface area contributed by atoms with Crippen LogP contribution in [-0.4, -0.2) is 19.9 Å². The zero-order valence-corrected chi connectivity index (χ0v) is 37.1. The maximum atomic E-state index is 6.77. The van der Waals surface area contributed by atoms with Gasteiger partial charge in [-0.2, -0.15) is 0 Å². The van der Waals surface area contributed by atoms with Crippen LogP contribution in [0.1, 0.15) is 0 Å². The maximum absolute atomic E-state index is 6.77. The van der Waals surface area contributed by atoms with Crippen LogP contribution in [0.2, 0.25) is 0 Å². The van der Waals surface area contributed by atoms with Gasteiger partial charge in [-0.1, -0.05) is 200 Å². The van der Waals surface area contributed by atoms with Gasteiger partial charge in [0.15, 0.2) is 17.5 Å². The van der Waals surface area contributed by atoms with Crippen LogP contribution in [0.25, 0.3) is 144 Å². The number of nitrogens with zero attached hydrogens (tertiary/aromatic N) is 4. The van der Waals surface area contributed by atoms with Gasteiger partial charge in [-0.25, -0.2) is 19.9 Å². The third-order valence-electron chi connectivity index (χ3n) is 13.7. The minimum absolute atomic E-state index is 0.587. The predicted molar refractivity (Wildman–Crippen MR) is 285 cm³/mol. The van der Waals surface area contributed by atoms with Crippen molar-refractivity contribution in [3.63, 3.8) is 0 Å². The van der Waals surface area contributed by atoms with E-state index in [2.05, 4.69) is 200 Å². The second-order valence-corrected chi connectivity index (χ2v) is 17.7. The molecule has 0 spiro atoms. The Hall–Kier alpha value is -9.32. The number of pyridine rings is 1. The summed E-state index contributed by atoms with van der Waals surface area (Å²) in [4.78, 5) is 21.2. The van der Waals surface area contributed by atoms with Crippen molar-refractivity contribution in [3.05, 3.63) is 231 Å². The number of hydrogen-bond donors (Lipinski definition) is 0. The molecule has 3 aromatic heterocycles. The van der Waals surface area contributed by atoms with Crippen LogP contribution >= 0.6 is 0 Å². The average Bonchev–Trinajstić information content (AvgIpc) is 3.81. The summed E-state index contributed by atoms with van der Waals surface area (Å²) in [6, 6.07) is 81.0. The summed E-state index contributed by atoms with van der Waals surface area (Å²) in [7, 11) is 0. The van der Waals surface area contributed by atoms with Gasteiger partial charge in [-0.3, -0.25) is 0 Å². The summed E-state index contributed by atoms with van der Waals surface area (Å²) in [5, 5.41) is 12.5. The molecule has 0 unspecified atom stereocenters. The number of para-hydroxylation sites is 2. The maximum Gasteiger partial charge on any atom is 0.164 e. The average molecular weight is 879 g/mol. The predicted octanol–water partition coefficient (Wildman–Crippen LogP) is 16.9. The first kappa shape index (κ1) is 38.9. The number of fused-ring (bicyclic) bond motifs is 12. The molecule has 320 valence electrons. The quantitative estimate of drug-likeness (QED) is 0.156. The van der Waals surface area contributed by atoms with Crippen molar-refractivity contribution in [2.75, 3.05) is 0 Å². The van der Waals surface area contributed by atoms with Crippen LogP contribution in [-0.2, 0) is 0 Å². The third-order valence-corrected chi connectivity index (χ3v) is 13.7. The summed E-state index contributed by atoms with van der Waals surface area (Å²) in [6.07, 6.45) is 0. The zero-order chi connectivity index (χ0) is 45.4. The summed E-state index contributed by atoms with van der Waals surface area (Å²) in [6.45, 7) is 0. The molecule has 5 nitrogen and oxygen atoms in total. The van der Waals surface area contributed by atoms with Crippen LogP contribution in [0.3, 0.4) is 0 Å². The number of aromatic nitrogens is 4. The van der Waals surface area contributed by atoms with E-state index >= 15 is 0 Å². The van der Waals surface area contributed by atoms with E-state index in [-0.39, 0.29) is 0 Å². The highest BCUT2D eigenvalue weighted by molar-refractivity contribution is 6.28. The van der Waals surface area contributed by atoms with E-state index in [1.807, 2.05) is 30.3 Å². The number of rotatable bonds is 6. The van der Waals surface area contributed by atoms with Crippen molar-refractivity contribution in [3.8, 4) is 67.7 Å². The van der Waals surface area contributed by atoms with Crippen molar-refractivity contribution < 1.29 is 4.42 Å². The molecule has 0 saturated heterocycles. The van der Waals surface area contributed by atoms with E-state index in [9.17, 15) is 0 Å². The molecule has 0 aliphatic rings. The standard InChI is InChI=1S/C64H38N4O/c1-3-16-39(17-4-1)40-30-32-41(33-31-40)61-54-38-57-60(52-27-12-14-29-56(52)69-57)58(59(54)51-26-11-13-28-55(51)65-61)43-20-15-21-44(36-43)63-66-62(42-18-5-2-6-19-42)67-64(68-63)45-34-35-50-48-24-8-7-22-46(48)47-23-9-10-25-49(47)53(50)37-45/h1-38H. The van der Waals surface area contributed by atoms with Crippen molar-refractivity contribution in [2.24, 2.45) is 0 Å². The van der Waals surface area contributed by atoms with Crippen LogP contribution in [0.4, 0.5) is 0 Å². The first-order valence-corrected chi connectivity index (χ1v) is 23.3. The lowest BCUT2D eigenvalue weighted by Crippen LogP contribution is -2.00. The molecule has 3 heterocycles. The van der Waals surface area contributed by atoms with Gasteiger partial charge in [0.05, 0.1) is 11.2 Å². The molecule has 0 atom stereocenters. The second kappa shape index (κ2) is 15.7. The van der Waals surface area contributed by atoms with Crippen molar-refractivity contribution >= 4 is 75.9 Å². The van der Waals surface area contributed by atoms with E-state index in [1.165, 1.54) is 32.5 Å². The molecule has 0 amide bonds. The summed E-state index contributed by atoms with van der Waals surface area (Å²) in [5.41, 5.74) is 11.6. The van der Waals surface area contributed by atoms with E-state index in [0.717, 1.165) is 93.6 Å². The van der Waals surface area contributed by atoms with Gasteiger partial charge in [0.1, 0.15) is 11.2 Å². The lowest BCUT2D eigenvalue weighted by Gasteiger charge is -2.16. The minimum atomic E-state index is 0.587. The highest BCUT2D eigenvalue weighted by Gasteiger charge is 2.23. The van der Waals surface area contributed by atoms with Gasteiger partial charge < -0.3 is 4.42 Å². The van der Waals surface area contributed by atoms with Crippen molar-refractivity contribution in [1.29, 1.82) is 0 Å². The Balaban J connectivity index is 1.00. The van der Waals surface area contributed by atoms with Gasteiger partial charge in [-0.05, 0) is 79.3 Å². The van der Waals surface area contributed by atoms with Crippen LogP contribution < -0.4 is 0 Å². The molecule has 11 aromatic carbocycles. The Labute approximate surface area is 396 Å². The monoisotopic (exact) mass is 878 g/mol. The van der Waals surface area contributed by atoms with E-state index in [0.29, 0.717) is 17.5 Å². The third kappa shape index (κ3) is 6.40. The van der Waals surface area contributed by atoms with Gasteiger partial charge in [0.2, 0.25) is 0 Å². The topological polar surface area (TPSA) is 64.7 Å². The van der Waals surface area contributed by atoms with E-state index in [4.69, 9.17) is 24.4 Å². The molecular formula is C64H38N4O. The van der Waals surface area contributed by atoms with Gasteiger partial charge in [-0.15, -0.1) is 0 Å². The van der Waals surface area contributed by atoms with E-state index in [1.54, 1.807) is 0 Å². The van der Waals surface area contributed by atoms with Gasteiger partial charge >= 0.3 is 0 Å². The Kier molecular flexibility index (Phi) is 8.83. The summed E-state index contributed by atoms with van der Waals surface area (Å²) >= 11 is 0. The zero-order valence-electron chi connectivity index (χ0n) is 37.1. The molecule has 0 aliphatic heterocycles. The number of benzene rings is 11. The highest BCUT2D eigenvalue weighted by Crippen LogP contribution is 2.47. The van der Waals surface area contributed by atoms with Gasteiger partial charge in [0, 0.05) is 54.7 Å². The molecular weight excluding hydrogens is 841 g/mol. The smallest absolute Gasteiger partial charge is 0.164 e. The largest absolute Gasteiger partial charge is 0.456 e. The van der Waals surface area contributed by atoms with Crippen LogP contribution in [0.5, 0.6) is 0 Å². The van der Waals surface area contributed by atoms with Crippen LogP contribution in [0.15, 0.2) is 235 Å².